The summed E-state index contributed by atoms with van der Waals surface area (Å²) in [5, 5.41) is 17.3. The van der Waals surface area contributed by atoms with Crippen molar-refractivity contribution in [1.29, 1.82) is 0 Å². The minimum atomic E-state index is -0.740. The van der Waals surface area contributed by atoms with E-state index >= 15 is 0 Å². The molecule has 3 aromatic rings. The second kappa shape index (κ2) is 10.3. The molecule has 10 heteroatoms. The van der Waals surface area contributed by atoms with Crippen molar-refractivity contribution < 1.29 is 14.7 Å². The van der Waals surface area contributed by atoms with Crippen LogP contribution in [0.1, 0.15) is 45.2 Å². The van der Waals surface area contributed by atoms with Crippen molar-refractivity contribution in [3.8, 4) is 16.2 Å². The molecule has 0 aliphatic rings. The van der Waals surface area contributed by atoms with Gasteiger partial charge in [-0.15, -0.1) is 22.7 Å². The van der Waals surface area contributed by atoms with Gasteiger partial charge in [0.25, 0.3) is 17.7 Å². The Morgan fingerprint density at radius 3 is 2.59 bits per heavy atom. The molecule has 0 aliphatic heterocycles. The molecule has 1 atom stereocenters. The Morgan fingerprint density at radius 2 is 1.94 bits per heavy atom. The fraction of sp³-hybridized carbons (Fsp3) is 0.182. The average Bonchev–Trinajstić information content (AvgIpc) is 3.42. The molecule has 3 rings (SSSR count). The van der Waals surface area contributed by atoms with Crippen molar-refractivity contribution in [2.24, 2.45) is 5.10 Å². The van der Waals surface area contributed by atoms with E-state index in [0.29, 0.717) is 47.9 Å². The maximum absolute atomic E-state index is 12.4. The highest BCUT2D eigenvalue weighted by atomic mass is 35.5. The average molecular weight is 506 g/mol. The Balaban J connectivity index is 1.75. The van der Waals surface area contributed by atoms with Gasteiger partial charge in [0.1, 0.15) is 5.75 Å². The number of aromatic hydroxyl groups is 1. The van der Waals surface area contributed by atoms with E-state index in [2.05, 4.69) is 15.4 Å². The van der Waals surface area contributed by atoms with Gasteiger partial charge < -0.3 is 9.95 Å². The standard InChI is InChI=1S/C22H17Cl2N3O3S2/c1-4-16(25-3)20(29)17-7-8-18(32-17)22(30)27-26-11(2)13-10-31-21(19(13)28)12-5-6-14(23)15(24)9-12/h5-10,16,28H,4H2,1-2H3,(H,27,30)/b26-11+. The van der Waals surface area contributed by atoms with Crippen LogP contribution in [0.25, 0.3) is 15.3 Å². The zero-order valence-electron chi connectivity index (χ0n) is 17.0. The first-order chi connectivity index (χ1) is 15.3. The number of thiophene rings is 2. The molecule has 0 saturated carbocycles. The fourth-order valence-corrected chi connectivity index (χ4v) is 4.98. The van der Waals surface area contributed by atoms with Crippen molar-refractivity contribution in [2.75, 3.05) is 0 Å². The highest BCUT2D eigenvalue weighted by molar-refractivity contribution is 7.16. The van der Waals surface area contributed by atoms with Gasteiger partial charge in [-0.25, -0.2) is 12.0 Å². The van der Waals surface area contributed by atoms with Crippen molar-refractivity contribution in [3.63, 3.8) is 0 Å². The van der Waals surface area contributed by atoms with Crippen LogP contribution in [-0.2, 0) is 0 Å². The van der Waals surface area contributed by atoms with Crippen LogP contribution in [-0.4, -0.2) is 28.6 Å². The summed E-state index contributed by atoms with van der Waals surface area (Å²) in [6, 6.07) is 7.40. The zero-order chi connectivity index (χ0) is 23.4. The van der Waals surface area contributed by atoms with Crippen LogP contribution < -0.4 is 5.43 Å². The zero-order valence-corrected chi connectivity index (χ0v) is 20.1. The maximum Gasteiger partial charge on any atom is 0.286 e. The van der Waals surface area contributed by atoms with E-state index in [1.165, 1.54) is 17.4 Å². The number of hydrogen-bond acceptors (Lipinski definition) is 6. The van der Waals surface area contributed by atoms with Crippen molar-refractivity contribution in [2.45, 2.75) is 26.3 Å². The summed E-state index contributed by atoms with van der Waals surface area (Å²) in [4.78, 5) is 29.3. The molecule has 164 valence electrons. The molecule has 0 aliphatic carbocycles. The number of rotatable bonds is 7. The predicted octanol–water partition coefficient (Wildman–Crippen LogP) is 6.52. The molecule has 2 aromatic heterocycles. The second-order valence-corrected chi connectivity index (χ2v) is 9.45. The number of amides is 1. The number of benzene rings is 1. The van der Waals surface area contributed by atoms with E-state index in [1.54, 1.807) is 43.5 Å². The number of carbonyl (C=O) groups is 2. The fourth-order valence-electron chi connectivity index (χ4n) is 2.79. The molecule has 1 unspecified atom stereocenters. The van der Waals surface area contributed by atoms with Gasteiger partial charge in [0.2, 0.25) is 0 Å². The minimum absolute atomic E-state index is 0.0256. The molecule has 1 amide bonds. The van der Waals surface area contributed by atoms with Crippen LogP contribution in [0.15, 0.2) is 40.8 Å². The van der Waals surface area contributed by atoms with Gasteiger partial charge in [-0.3, -0.25) is 9.59 Å². The number of ketones is 1. The number of halogens is 2. The molecular formula is C22H17Cl2N3O3S2. The first-order valence-electron chi connectivity index (χ1n) is 9.38. The Labute approximate surface area is 202 Å². The molecule has 0 fully saturated rings. The minimum Gasteiger partial charge on any atom is -0.506 e. The molecule has 1 aromatic carbocycles. The third-order valence-corrected chi connectivity index (χ3v) is 7.44. The van der Waals surface area contributed by atoms with E-state index < -0.39 is 11.9 Å². The first-order valence-corrected chi connectivity index (χ1v) is 11.8. The number of carbonyl (C=O) groups excluding carboxylic acids is 2. The third kappa shape index (κ3) is 5.03. The number of Topliss-reactive ketones (excluding diaryl/α,β-unsaturated/α-hetero) is 1. The molecule has 2 heterocycles. The van der Waals surface area contributed by atoms with E-state index in [-0.39, 0.29) is 11.5 Å². The summed E-state index contributed by atoms with van der Waals surface area (Å²) in [5.41, 5.74) is 4.04. The quantitative estimate of drug-likeness (QED) is 0.166. The molecule has 0 spiro atoms. The molecular weight excluding hydrogens is 489 g/mol. The predicted molar refractivity (Wildman–Crippen MR) is 130 cm³/mol. The lowest BCUT2D eigenvalue weighted by atomic mass is 10.1. The third-order valence-electron chi connectivity index (χ3n) is 4.58. The lowest BCUT2D eigenvalue weighted by Crippen LogP contribution is -2.18. The van der Waals surface area contributed by atoms with E-state index in [0.717, 1.165) is 11.3 Å². The van der Waals surface area contributed by atoms with Crippen LogP contribution in [0.5, 0.6) is 5.75 Å². The summed E-state index contributed by atoms with van der Waals surface area (Å²) in [5.74, 6) is -0.745. The van der Waals surface area contributed by atoms with Gasteiger partial charge in [0.05, 0.1) is 36.0 Å². The van der Waals surface area contributed by atoms with Crippen LogP contribution in [0.2, 0.25) is 10.0 Å². The van der Waals surface area contributed by atoms with Gasteiger partial charge in [0, 0.05) is 11.8 Å². The number of hydrazone groups is 1. The Kier molecular flexibility index (Phi) is 7.69. The van der Waals surface area contributed by atoms with Crippen molar-refractivity contribution in [3.05, 3.63) is 72.5 Å². The second-order valence-electron chi connectivity index (χ2n) is 6.68. The van der Waals surface area contributed by atoms with E-state index in [9.17, 15) is 14.7 Å². The Morgan fingerprint density at radius 1 is 1.22 bits per heavy atom. The summed E-state index contributed by atoms with van der Waals surface area (Å²) >= 11 is 14.4. The smallest absolute Gasteiger partial charge is 0.286 e. The van der Waals surface area contributed by atoms with Gasteiger partial charge in [-0.1, -0.05) is 36.2 Å². The normalized spacial score (nSPS) is 12.3. The summed E-state index contributed by atoms with van der Waals surface area (Å²) < 4.78 is 0. The van der Waals surface area contributed by atoms with Crippen LogP contribution >= 0.6 is 45.9 Å². The summed E-state index contributed by atoms with van der Waals surface area (Å²) in [6.45, 7) is 10.5. The van der Waals surface area contributed by atoms with E-state index in [4.69, 9.17) is 29.8 Å². The van der Waals surface area contributed by atoms with Crippen LogP contribution in [0.4, 0.5) is 0 Å². The molecule has 2 N–H and O–H groups in total. The van der Waals surface area contributed by atoms with Gasteiger partial charge >= 0.3 is 0 Å². The lowest BCUT2D eigenvalue weighted by Gasteiger charge is -2.04. The largest absolute Gasteiger partial charge is 0.506 e. The Bertz CT molecular complexity index is 1260. The van der Waals surface area contributed by atoms with Crippen molar-refractivity contribution >= 4 is 63.3 Å². The van der Waals surface area contributed by atoms with Gasteiger partial charge in [-0.05, 0) is 36.8 Å². The van der Waals surface area contributed by atoms with Crippen LogP contribution in [0.3, 0.4) is 0 Å². The SMILES string of the molecule is [C-]#[N+]C(CC)C(=O)c1ccc(C(=O)N/N=C(\C)c2csc(-c3ccc(Cl)c(Cl)c3)c2O)s1. The first kappa shape index (κ1) is 24.0. The molecule has 32 heavy (non-hydrogen) atoms. The van der Waals surface area contributed by atoms with E-state index in [1.807, 2.05) is 0 Å². The monoisotopic (exact) mass is 505 g/mol. The molecule has 0 bridgehead atoms. The number of hydrogen-bond donors (Lipinski definition) is 2. The number of nitrogens with zero attached hydrogens (tertiary/aromatic N) is 2. The highest BCUT2D eigenvalue weighted by Crippen LogP contribution is 2.40. The van der Waals surface area contributed by atoms with Crippen molar-refractivity contribution in [1.82, 2.24) is 5.43 Å². The molecule has 6 nitrogen and oxygen atoms in total. The van der Waals surface area contributed by atoms with Gasteiger partial charge in [0.15, 0.2) is 0 Å². The van der Waals surface area contributed by atoms with Gasteiger partial charge in [-0.2, -0.15) is 5.10 Å². The highest BCUT2D eigenvalue weighted by Gasteiger charge is 2.25. The lowest BCUT2D eigenvalue weighted by molar-refractivity contribution is 0.0957. The molecule has 0 saturated heterocycles. The molecule has 0 radical (unpaired) electrons. The number of nitrogens with one attached hydrogen (secondary N) is 1. The topological polar surface area (TPSA) is 83.1 Å². The summed E-state index contributed by atoms with van der Waals surface area (Å²) in [7, 11) is 0. The summed E-state index contributed by atoms with van der Waals surface area (Å²) in [6.07, 6.45) is 0.416. The maximum atomic E-state index is 12.4. The van der Waals surface area contributed by atoms with Crippen LogP contribution in [0, 0.1) is 6.57 Å². The Hall–Kier alpha value is -2.70.